The summed E-state index contributed by atoms with van der Waals surface area (Å²) in [6.45, 7) is 8.76. The van der Waals surface area contributed by atoms with E-state index in [9.17, 15) is 0 Å². The van der Waals surface area contributed by atoms with Crippen LogP contribution in [0.4, 0.5) is 0 Å². The van der Waals surface area contributed by atoms with Crippen molar-refractivity contribution in [3.8, 4) is 5.75 Å². The van der Waals surface area contributed by atoms with Crippen molar-refractivity contribution >= 4 is 41.3 Å². The van der Waals surface area contributed by atoms with E-state index in [0.29, 0.717) is 12.5 Å². The van der Waals surface area contributed by atoms with Crippen molar-refractivity contribution in [3.63, 3.8) is 0 Å². The van der Waals surface area contributed by atoms with Crippen LogP contribution in [0.25, 0.3) is 0 Å². The predicted octanol–water partition coefficient (Wildman–Crippen LogP) is 4.54. The summed E-state index contributed by atoms with van der Waals surface area (Å²) < 4.78 is 5.46. The zero-order valence-electron chi connectivity index (χ0n) is 15.3. The standard InChI is InChI=1S/C19H27N3OS.HI/c1-5-20-19(22-13-18-14(2)10-11-24-18)21-12-15(3)16-8-6-7-9-17(16)23-4;/h6-11,15H,5,12-13H2,1-4H3,(H2,20,21,22);1H. The number of hydrogen-bond acceptors (Lipinski definition) is 3. The zero-order valence-corrected chi connectivity index (χ0v) is 18.5. The lowest BCUT2D eigenvalue weighted by molar-refractivity contribution is 0.406. The number of halogens is 1. The third kappa shape index (κ3) is 6.51. The number of guanidine groups is 1. The van der Waals surface area contributed by atoms with Crippen LogP contribution < -0.4 is 15.4 Å². The highest BCUT2D eigenvalue weighted by molar-refractivity contribution is 14.0. The Kier molecular flexibility index (Phi) is 9.89. The van der Waals surface area contributed by atoms with Gasteiger partial charge in [0.25, 0.3) is 0 Å². The van der Waals surface area contributed by atoms with Gasteiger partial charge in [0, 0.05) is 23.9 Å². The second-order valence-corrected chi connectivity index (χ2v) is 6.75. The monoisotopic (exact) mass is 473 g/mol. The van der Waals surface area contributed by atoms with Crippen LogP contribution in [-0.2, 0) is 6.54 Å². The van der Waals surface area contributed by atoms with Gasteiger partial charge >= 0.3 is 0 Å². The van der Waals surface area contributed by atoms with Crippen molar-refractivity contribution < 1.29 is 4.74 Å². The Labute approximate surface area is 172 Å². The van der Waals surface area contributed by atoms with Gasteiger partial charge in [0.1, 0.15) is 5.75 Å². The average molecular weight is 473 g/mol. The molecule has 1 atom stereocenters. The number of aliphatic imine (C=N–C) groups is 1. The molecule has 1 aromatic heterocycles. The Morgan fingerprint density at radius 1 is 1.24 bits per heavy atom. The van der Waals surface area contributed by atoms with Crippen LogP contribution in [0.15, 0.2) is 40.7 Å². The van der Waals surface area contributed by atoms with Crippen molar-refractivity contribution in [2.45, 2.75) is 33.2 Å². The summed E-state index contributed by atoms with van der Waals surface area (Å²) in [5.74, 6) is 2.11. The summed E-state index contributed by atoms with van der Waals surface area (Å²) in [6, 6.07) is 10.3. The van der Waals surface area contributed by atoms with Crippen molar-refractivity contribution in [2.75, 3.05) is 20.2 Å². The van der Waals surface area contributed by atoms with Crippen LogP contribution in [0.2, 0.25) is 0 Å². The normalized spacial score (nSPS) is 12.2. The summed E-state index contributed by atoms with van der Waals surface area (Å²) in [5.41, 5.74) is 2.51. The van der Waals surface area contributed by atoms with Gasteiger partial charge in [0.2, 0.25) is 0 Å². The first-order chi connectivity index (χ1) is 11.7. The molecule has 138 valence electrons. The van der Waals surface area contributed by atoms with E-state index >= 15 is 0 Å². The van der Waals surface area contributed by atoms with E-state index < -0.39 is 0 Å². The maximum Gasteiger partial charge on any atom is 0.191 e. The van der Waals surface area contributed by atoms with E-state index in [1.165, 1.54) is 16.0 Å². The first kappa shape index (κ1) is 21.8. The molecule has 2 aromatic rings. The number of ether oxygens (including phenoxy) is 1. The van der Waals surface area contributed by atoms with E-state index in [4.69, 9.17) is 9.73 Å². The lowest BCUT2D eigenvalue weighted by Gasteiger charge is -2.18. The molecular formula is C19H28IN3OS. The van der Waals surface area contributed by atoms with Crippen LogP contribution in [0, 0.1) is 6.92 Å². The Hall–Kier alpha value is -1.28. The number of aryl methyl sites for hydroxylation is 1. The third-order valence-electron chi connectivity index (χ3n) is 3.94. The summed E-state index contributed by atoms with van der Waals surface area (Å²) in [7, 11) is 1.72. The topological polar surface area (TPSA) is 45.7 Å². The highest BCUT2D eigenvalue weighted by atomic mass is 127. The molecule has 4 nitrogen and oxygen atoms in total. The van der Waals surface area contributed by atoms with E-state index in [1.807, 2.05) is 18.2 Å². The molecule has 0 spiro atoms. The minimum atomic E-state index is 0. The van der Waals surface area contributed by atoms with Gasteiger partial charge in [-0.2, -0.15) is 0 Å². The Morgan fingerprint density at radius 2 is 2.00 bits per heavy atom. The SMILES string of the molecule is CCNC(=NCc1sccc1C)NCC(C)c1ccccc1OC.I. The van der Waals surface area contributed by atoms with Crippen molar-refractivity contribution in [1.29, 1.82) is 0 Å². The van der Waals surface area contributed by atoms with Gasteiger partial charge < -0.3 is 15.4 Å². The van der Waals surface area contributed by atoms with Crippen molar-refractivity contribution in [1.82, 2.24) is 10.6 Å². The molecule has 1 aromatic carbocycles. The van der Waals surface area contributed by atoms with Crippen LogP contribution in [0.3, 0.4) is 0 Å². The lowest BCUT2D eigenvalue weighted by Crippen LogP contribution is -2.39. The number of para-hydroxylation sites is 1. The number of nitrogens with zero attached hydrogens (tertiary/aromatic N) is 1. The quantitative estimate of drug-likeness (QED) is 0.353. The van der Waals surface area contributed by atoms with Gasteiger partial charge in [-0.05, 0) is 42.5 Å². The van der Waals surface area contributed by atoms with E-state index in [2.05, 4.69) is 48.9 Å². The molecule has 2 N–H and O–H groups in total. The van der Waals surface area contributed by atoms with Crippen molar-refractivity contribution in [3.05, 3.63) is 51.7 Å². The fraction of sp³-hybridized carbons (Fsp3) is 0.421. The summed E-state index contributed by atoms with van der Waals surface area (Å²) in [5, 5.41) is 8.87. The van der Waals surface area contributed by atoms with Gasteiger partial charge in [-0.25, -0.2) is 4.99 Å². The second-order valence-electron chi connectivity index (χ2n) is 5.75. The fourth-order valence-corrected chi connectivity index (χ4v) is 3.32. The Balaban J connectivity index is 0.00000312. The molecule has 0 saturated heterocycles. The summed E-state index contributed by atoms with van der Waals surface area (Å²) in [4.78, 5) is 6.01. The molecule has 0 amide bonds. The number of thiophene rings is 1. The molecule has 0 aliphatic carbocycles. The molecule has 2 rings (SSSR count). The second kappa shape index (κ2) is 11.4. The minimum Gasteiger partial charge on any atom is -0.496 e. The maximum absolute atomic E-state index is 5.46. The third-order valence-corrected chi connectivity index (χ3v) is 4.95. The summed E-state index contributed by atoms with van der Waals surface area (Å²) >= 11 is 1.76. The Morgan fingerprint density at radius 3 is 2.64 bits per heavy atom. The van der Waals surface area contributed by atoms with E-state index in [1.54, 1.807) is 18.4 Å². The van der Waals surface area contributed by atoms with Gasteiger partial charge in [0.15, 0.2) is 5.96 Å². The van der Waals surface area contributed by atoms with Crippen LogP contribution >= 0.6 is 35.3 Å². The molecule has 0 radical (unpaired) electrons. The van der Waals surface area contributed by atoms with Crippen LogP contribution in [0.1, 0.15) is 35.8 Å². The van der Waals surface area contributed by atoms with Gasteiger partial charge in [0.05, 0.1) is 13.7 Å². The molecule has 0 bridgehead atoms. The predicted molar refractivity (Wildman–Crippen MR) is 119 cm³/mol. The van der Waals surface area contributed by atoms with Gasteiger partial charge in [-0.1, -0.05) is 25.1 Å². The minimum absolute atomic E-state index is 0. The molecule has 25 heavy (non-hydrogen) atoms. The largest absolute Gasteiger partial charge is 0.496 e. The smallest absolute Gasteiger partial charge is 0.191 e. The number of benzene rings is 1. The number of nitrogens with one attached hydrogen (secondary N) is 2. The number of methoxy groups -OCH3 is 1. The molecule has 0 aliphatic heterocycles. The van der Waals surface area contributed by atoms with Crippen LogP contribution in [-0.4, -0.2) is 26.2 Å². The van der Waals surface area contributed by atoms with Gasteiger partial charge in [-0.15, -0.1) is 35.3 Å². The number of rotatable bonds is 7. The van der Waals surface area contributed by atoms with E-state index in [0.717, 1.165) is 24.8 Å². The lowest BCUT2D eigenvalue weighted by atomic mass is 10.0. The highest BCUT2D eigenvalue weighted by Gasteiger charge is 2.11. The van der Waals surface area contributed by atoms with Gasteiger partial charge in [-0.3, -0.25) is 0 Å². The van der Waals surface area contributed by atoms with Crippen LogP contribution in [0.5, 0.6) is 5.75 Å². The first-order valence-electron chi connectivity index (χ1n) is 8.33. The molecular weight excluding hydrogens is 445 g/mol. The molecule has 1 unspecified atom stereocenters. The molecule has 0 aliphatic rings. The fourth-order valence-electron chi connectivity index (χ4n) is 2.49. The Bertz CT molecular complexity index is 672. The molecule has 1 heterocycles. The van der Waals surface area contributed by atoms with Crippen molar-refractivity contribution in [2.24, 2.45) is 4.99 Å². The maximum atomic E-state index is 5.46. The molecule has 6 heteroatoms. The van der Waals surface area contributed by atoms with E-state index in [-0.39, 0.29) is 24.0 Å². The molecule has 0 fully saturated rings. The average Bonchev–Trinajstić information content (AvgIpc) is 3.02. The number of hydrogen-bond donors (Lipinski definition) is 2. The molecule has 0 saturated carbocycles. The highest BCUT2D eigenvalue weighted by Crippen LogP contribution is 2.25. The first-order valence-corrected chi connectivity index (χ1v) is 9.21. The summed E-state index contributed by atoms with van der Waals surface area (Å²) in [6.07, 6.45) is 0. The zero-order chi connectivity index (χ0) is 17.4.